The van der Waals surface area contributed by atoms with Gasteiger partial charge >= 0.3 is 6.09 Å². The Labute approximate surface area is 147 Å². The number of alkyl carbamates (subject to hydrolysis) is 1. The number of amides is 1. The Morgan fingerprint density at radius 1 is 1.08 bits per heavy atom. The lowest BCUT2D eigenvalue weighted by atomic mass is 10.0. The SMILES string of the molecule is CN(C)CCCN(C)CCC(C)(C)NC(=O)OCc1ccccc1. The van der Waals surface area contributed by atoms with Crippen LogP contribution in [0.1, 0.15) is 32.3 Å². The van der Waals surface area contributed by atoms with E-state index in [4.69, 9.17) is 4.74 Å². The highest BCUT2D eigenvalue weighted by atomic mass is 16.5. The minimum absolute atomic E-state index is 0.288. The van der Waals surface area contributed by atoms with Crippen LogP contribution >= 0.6 is 0 Å². The zero-order valence-corrected chi connectivity index (χ0v) is 15.8. The monoisotopic (exact) mass is 335 g/mol. The summed E-state index contributed by atoms with van der Waals surface area (Å²) in [6.07, 6.45) is 1.67. The van der Waals surface area contributed by atoms with Gasteiger partial charge in [-0.2, -0.15) is 0 Å². The maximum atomic E-state index is 12.0. The molecule has 0 aliphatic carbocycles. The molecule has 5 nitrogen and oxygen atoms in total. The van der Waals surface area contributed by atoms with Crippen LogP contribution in [0.15, 0.2) is 30.3 Å². The van der Waals surface area contributed by atoms with Crippen molar-refractivity contribution in [3.05, 3.63) is 35.9 Å². The molecule has 0 bridgehead atoms. The van der Waals surface area contributed by atoms with Gasteiger partial charge in [0, 0.05) is 12.1 Å². The summed E-state index contributed by atoms with van der Waals surface area (Å²) in [5.74, 6) is 0. The van der Waals surface area contributed by atoms with Crippen molar-refractivity contribution in [3.63, 3.8) is 0 Å². The molecule has 0 saturated heterocycles. The van der Waals surface area contributed by atoms with E-state index in [1.807, 2.05) is 44.2 Å². The van der Waals surface area contributed by atoms with Crippen molar-refractivity contribution in [1.29, 1.82) is 0 Å². The van der Waals surface area contributed by atoms with Gasteiger partial charge in [0.2, 0.25) is 0 Å². The highest BCUT2D eigenvalue weighted by molar-refractivity contribution is 5.68. The number of ether oxygens (including phenoxy) is 1. The average molecular weight is 335 g/mol. The van der Waals surface area contributed by atoms with Crippen LogP contribution in [0.3, 0.4) is 0 Å². The van der Waals surface area contributed by atoms with Crippen molar-refractivity contribution in [1.82, 2.24) is 15.1 Å². The molecule has 1 N–H and O–H groups in total. The van der Waals surface area contributed by atoms with E-state index in [2.05, 4.69) is 36.3 Å². The molecule has 0 atom stereocenters. The third kappa shape index (κ3) is 9.53. The van der Waals surface area contributed by atoms with Gasteiger partial charge in [-0.25, -0.2) is 4.79 Å². The second-order valence-corrected chi connectivity index (χ2v) is 7.28. The summed E-state index contributed by atoms with van der Waals surface area (Å²) < 4.78 is 5.29. The molecule has 0 aliphatic rings. The van der Waals surface area contributed by atoms with Crippen molar-refractivity contribution >= 4 is 6.09 Å². The summed E-state index contributed by atoms with van der Waals surface area (Å²) in [6.45, 7) is 7.46. The Morgan fingerprint density at radius 3 is 2.38 bits per heavy atom. The molecular weight excluding hydrogens is 302 g/mol. The molecule has 0 spiro atoms. The Balaban J connectivity index is 2.25. The highest BCUT2D eigenvalue weighted by Crippen LogP contribution is 2.10. The lowest BCUT2D eigenvalue weighted by Gasteiger charge is -2.28. The van der Waals surface area contributed by atoms with E-state index in [1.165, 1.54) is 0 Å². The smallest absolute Gasteiger partial charge is 0.407 e. The Morgan fingerprint density at radius 2 is 1.75 bits per heavy atom. The molecule has 1 rings (SSSR count). The predicted octanol–water partition coefficient (Wildman–Crippen LogP) is 2.97. The predicted molar refractivity (Wildman–Crippen MR) is 99.1 cm³/mol. The van der Waals surface area contributed by atoms with Gasteiger partial charge in [0.15, 0.2) is 0 Å². The van der Waals surface area contributed by atoms with Gasteiger partial charge in [-0.15, -0.1) is 0 Å². The van der Waals surface area contributed by atoms with Crippen LogP contribution in [-0.2, 0) is 11.3 Å². The van der Waals surface area contributed by atoms with Gasteiger partial charge in [-0.05, 0) is 66.5 Å². The van der Waals surface area contributed by atoms with Crippen molar-refractivity contribution < 1.29 is 9.53 Å². The summed E-state index contributed by atoms with van der Waals surface area (Å²) >= 11 is 0. The first-order valence-corrected chi connectivity index (χ1v) is 8.61. The average Bonchev–Trinajstić information content (AvgIpc) is 2.51. The number of nitrogens with zero attached hydrogens (tertiary/aromatic N) is 2. The molecule has 0 radical (unpaired) electrons. The normalized spacial score (nSPS) is 11.8. The van der Waals surface area contributed by atoms with Crippen LogP contribution < -0.4 is 5.32 Å². The number of hydrogen-bond acceptors (Lipinski definition) is 4. The number of carbonyl (C=O) groups is 1. The van der Waals surface area contributed by atoms with Crippen molar-refractivity contribution in [2.24, 2.45) is 0 Å². The van der Waals surface area contributed by atoms with E-state index >= 15 is 0 Å². The minimum atomic E-state index is -0.362. The summed E-state index contributed by atoms with van der Waals surface area (Å²) in [4.78, 5) is 16.5. The van der Waals surface area contributed by atoms with Crippen molar-refractivity contribution in [2.45, 2.75) is 38.8 Å². The van der Waals surface area contributed by atoms with Gasteiger partial charge in [-0.3, -0.25) is 0 Å². The third-order valence-corrected chi connectivity index (χ3v) is 3.92. The lowest BCUT2D eigenvalue weighted by Crippen LogP contribution is -2.45. The standard InChI is InChI=1S/C19H33N3O2/c1-19(2,12-15-22(5)14-9-13-21(3)4)20-18(23)24-16-17-10-7-6-8-11-17/h6-8,10-11H,9,12-16H2,1-5H3,(H,20,23). The molecule has 0 unspecified atom stereocenters. The Hall–Kier alpha value is -1.59. The molecule has 1 amide bonds. The van der Waals surface area contributed by atoms with Gasteiger partial charge < -0.3 is 19.9 Å². The topological polar surface area (TPSA) is 44.8 Å². The van der Waals surface area contributed by atoms with Crippen molar-refractivity contribution in [3.8, 4) is 0 Å². The quantitative estimate of drug-likeness (QED) is 0.714. The third-order valence-electron chi connectivity index (χ3n) is 3.92. The summed E-state index contributed by atoms with van der Waals surface area (Å²) in [6, 6.07) is 9.71. The molecule has 0 saturated carbocycles. The van der Waals surface area contributed by atoms with E-state index in [9.17, 15) is 4.79 Å². The second kappa shape index (κ2) is 10.3. The number of benzene rings is 1. The number of carbonyl (C=O) groups excluding carboxylic acids is 1. The lowest BCUT2D eigenvalue weighted by molar-refractivity contribution is 0.126. The Kier molecular flexibility index (Phi) is 8.79. The molecule has 24 heavy (non-hydrogen) atoms. The van der Waals surface area contributed by atoms with Gasteiger partial charge in [0.1, 0.15) is 6.61 Å². The van der Waals surface area contributed by atoms with Crippen LogP contribution in [0.25, 0.3) is 0 Å². The van der Waals surface area contributed by atoms with E-state index in [0.717, 1.165) is 38.0 Å². The molecule has 1 aromatic rings. The number of hydrogen-bond donors (Lipinski definition) is 1. The maximum Gasteiger partial charge on any atom is 0.407 e. The first-order valence-electron chi connectivity index (χ1n) is 8.61. The fraction of sp³-hybridized carbons (Fsp3) is 0.632. The first kappa shape index (κ1) is 20.5. The van der Waals surface area contributed by atoms with Crippen LogP contribution in [0.4, 0.5) is 4.79 Å². The van der Waals surface area contributed by atoms with Crippen LogP contribution in [0.2, 0.25) is 0 Å². The first-order chi connectivity index (χ1) is 11.3. The van der Waals surface area contributed by atoms with E-state index in [1.54, 1.807) is 0 Å². The van der Waals surface area contributed by atoms with Crippen LogP contribution in [-0.4, -0.2) is 62.2 Å². The van der Waals surface area contributed by atoms with Crippen LogP contribution in [0.5, 0.6) is 0 Å². The van der Waals surface area contributed by atoms with Crippen molar-refractivity contribution in [2.75, 3.05) is 40.8 Å². The largest absolute Gasteiger partial charge is 0.445 e. The van der Waals surface area contributed by atoms with Gasteiger partial charge in [0.25, 0.3) is 0 Å². The molecule has 1 aromatic carbocycles. The van der Waals surface area contributed by atoms with Gasteiger partial charge in [-0.1, -0.05) is 30.3 Å². The fourth-order valence-electron chi connectivity index (χ4n) is 2.34. The molecule has 136 valence electrons. The van der Waals surface area contributed by atoms with Gasteiger partial charge in [0.05, 0.1) is 0 Å². The Bertz CT molecular complexity index is 475. The molecule has 0 fully saturated rings. The zero-order chi connectivity index (χ0) is 18.0. The molecule has 0 aromatic heterocycles. The summed E-state index contributed by atoms with van der Waals surface area (Å²) in [5.41, 5.74) is 0.704. The molecular formula is C19H33N3O2. The van der Waals surface area contributed by atoms with E-state index in [0.29, 0.717) is 6.61 Å². The van der Waals surface area contributed by atoms with Crippen LogP contribution in [0, 0.1) is 0 Å². The summed E-state index contributed by atoms with van der Waals surface area (Å²) in [5, 5.41) is 2.96. The fourth-order valence-corrected chi connectivity index (χ4v) is 2.34. The van der Waals surface area contributed by atoms with E-state index in [-0.39, 0.29) is 11.6 Å². The number of nitrogens with one attached hydrogen (secondary N) is 1. The molecule has 5 heteroatoms. The highest BCUT2D eigenvalue weighted by Gasteiger charge is 2.21. The second-order valence-electron chi connectivity index (χ2n) is 7.28. The number of rotatable bonds is 10. The molecule has 0 aliphatic heterocycles. The molecule has 0 heterocycles. The zero-order valence-electron chi connectivity index (χ0n) is 15.8. The minimum Gasteiger partial charge on any atom is -0.445 e. The summed E-state index contributed by atoms with van der Waals surface area (Å²) in [7, 11) is 6.31. The maximum absolute atomic E-state index is 12.0. The van der Waals surface area contributed by atoms with E-state index < -0.39 is 0 Å².